The van der Waals surface area contributed by atoms with E-state index in [2.05, 4.69) is 10.3 Å². The molecular weight excluding hydrogens is 393 g/mol. The number of fused-ring (bicyclic) bond motifs is 1. The van der Waals surface area contributed by atoms with E-state index >= 15 is 0 Å². The van der Waals surface area contributed by atoms with Crippen LogP contribution in [0.2, 0.25) is 0 Å². The topological polar surface area (TPSA) is 125 Å². The molecule has 1 heterocycles. The number of rotatable bonds is 7. The van der Waals surface area contributed by atoms with Crippen molar-refractivity contribution >= 4 is 46.1 Å². The number of anilines is 1. The Morgan fingerprint density at radius 2 is 2.07 bits per heavy atom. The first kappa shape index (κ1) is 19.3. The molecular formula is C17H12FN3O6S. The van der Waals surface area contributed by atoms with Crippen LogP contribution in [-0.2, 0) is 14.3 Å². The summed E-state index contributed by atoms with van der Waals surface area (Å²) in [6, 6.07) is 10.0. The number of ether oxygens (including phenoxy) is 1. The minimum absolute atomic E-state index is 0.00926. The standard InChI is InChI=1S/C17H12FN3O6S/c18-11-6-5-10(7-13(11)21(24)25)19-15(22)8-26-16(23)9-28-17-20-12-3-1-2-4-14(12)27-17/h1-7H,8-9H2,(H,19,22). The maximum atomic E-state index is 13.3. The number of thioether (sulfide) groups is 1. The van der Waals surface area contributed by atoms with Gasteiger partial charge in [0.1, 0.15) is 11.3 Å². The normalized spacial score (nSPS) is 10.6. The number of carbonyl (C=O) groups is 2. The maximum Gasteiger partial charge on any atom is 0.316 e. The Kier molecular flexibility index (Phi) is 5.84. The van der Waals surface area contributed by atoms with Crippen molar-refractivity contribution in [3.05, 3.63) is 58.4 Å². The fraction of sp³-hybridized carbons (Fsp3) is 0.118. The summed E-state index contributed by atoms with van der Waals surface area (Å²) in [5.74, 6) is -2.54. The second-order valence-corrected chi connectivity index (χ2v) is 6.29. The van der Waals surface area contributed by atoms with Crippen molar-refractivity contribution in [2.75, 3.05) is 17.7 Å². The highest BCUT2D eigenvalue weighted by Crippen LogP contribution is 2.23. The van der Waals surface area contributed by atoms with Crippen molar-refractivity contribution in [2.45, 2.75) is 5.22 Å². The molecule has 2 aromatic carbocycles. The van der Waals surface area contributed by atoms with Crippen LogP contribution in [0, 0.1) is 15.9 Å². The number of esters is 1. The van der Waals surface area contributed by atoms with E-state index in [1.54, 1.807) is 18.2 Å². The highest BCUT2D eigenvalue weighted by molar-refractivity contribution is 7.99. The third kappa shape index (κ3) is 4.82. The number of benzene rings is 2. The molecule has 3 aromatic rings. The lowest BCUT2D eigenvalue weighted by Gasteiger charge is -2.06. The number of carbonyl (C=O) groups excluding carboxylic acids is 2. The molecule has 3 rings (SSSR count). The fourth-order valence-electron chi connectivity index (χ4n) is 2.15. The number of amides is 1. The number of oxazole rings is 1. The number of halogens is 1. The average Bonchev–Trinajstić information content (AvgIpc) is 3.09. The van der Waals surface area contributed by atoms with Crippen molar-refractivity contribution in [1.29, 1.82) is 0 Å². The molecule has 9 nitrogen and oxygen atoms in total. The van der Waals surface area contributed by atoms with Gasteiger partial charge >= 0.3 is 11.7 Å². The molecule has 144 valence electrons. The van der Waals surface area contributed by atoms with E-state index in [-0.39, 0.29) is 11.4 Å². The van der Waals surface area contributed by atoms with Gasteiger partial charge in [0, 0.05) is 11.8 Å². The van der Waals surface area contributed by atoms with E-state index < -0.39 is 34.9 Å². The minimum Gasteiger partial charge on any atom is -0.455 e. The SMILES string of the molecule is O=C(COC(=O)CSc1nc2ccccc2o1)Nc1ccc(F)c([N+](=O)[O-])c1. The number of para-hydroxylation sites is 2. The highest BCUT2D eigenvalue weighted by Gasteiger charge is 2.16. The van der Waals surface area contributed by atoms with Gasteiger partial charge in [0.2, 0.25) is 5.82 Å². The summed E-state index contributed by atoms with van der Waals surface area (Å²) in [6.07, 6.45) is 0. The number of nitrogens with one attached hydrogen (secondary N) is 1. The lowest BCUT2D eigenvalue weighted by Crippen LogP contribution is -2.21. The first-order valence-electron chi connectivity index (χ1n) is 7.80. The van der Waals surface area contributed by atoms with Crippen LogP contribution in [0.3, 0.4) is 0 Å². The molecule has 0 aliphatic rings. The summed E-state index contributed by atoms with van der Waals surface area (Å²) in [5.41, 5.74) is 0.483. The van der Waals surface area contributed by atoms with E-state index in [1.165, 1.54) is 0 Å². The van der Waals surface area contributed by atoms with Crippen molar-refractivity contribution in [3.63, 3.8) is 0 Å². The van der Waals surface area contributed by atoms with E-state index in [9.17, 15) is 24.1 Å². The smallest absolute Gasteiger partial charge is 0.316 e. The summed E-state index contributed by atoms with van der Waals surface area (Å²) in [7, 11) is 0. The monoisotopic (exact) mass is 405 g/mol. The first-order chi connectivity index (χ1) is 13.4. The summed E-state index contributed by atoms with van der Waals surface area (Å²) in [6.45, 7) is -0.599. The molecule has 0 unspecified atom stereocenters. The summed E-state index contributed by atoms with van der Waals surface area (Å²) < 4.78 is 23.5. The molecule has 0 atom stereocenters. The Hall–Kier alpha value is -3.47. The lowest BCUT2D eigenvalue weighted by molar-refractivity contribution is -0.387. The number of hydrogen-bond acceptors (Lipinski definition) is 8. The Morgan fingerprint density at radius 3 is 2.82 bits per heavy atom. The third-order valence-electron chi connectivity index (χ3n) is 3.38. The molecule has 0 saturated heterocycles. The predicted octanol–water partition coefficient (Wildman–Crippen LogP) is 3.15. The van der Waals surface area contributed by atoms with Gasteiger partial charge in [-0.05, 0) is 24.3 Å². The Balaban J connectivity index is 1.47. The van der Waals surface area contributed by atoms with Crippen LogP contribution in [0.4, 0.5) is 15.8 Å². The van der Waals surface area contributed by atoms with Crippen molar-refractivity contribution in [1.82, 2.24) is 4.98 Å². The van der Waals surface area contributed by atoms with Gasteiger partial charge in [0.05, 0.1) is 4.92 Å². The number of nitro groups is 1. The van der Waals surface area contributed by atoms with Gasteiger partial charge in [-0.15, -0.1) is 0 Å². The fourth-order valence-corrected chi connectivity index (χ4v) is 2.78. The van der Waals surface area contributed by atoms with Crippen molar-refractivity contribution in [3.8, 4) is 0 Å². The zero-order valence-electron chi connectivity index (χ0n) is 14.1. The van der Waals surface area contributed by atoms with Crippen LogP contribution >= 0.6 is 11.8 Å². The van der Waals surface area contributed by atoms with Gasteiger partial charge in [-0.25, -0.2) is 4.98 Å². The van der Waals surface area contributed by atoms with E-state index in [0.717, 1.165) is 30.0 Å². The molecule has 0 bridgehead atoms. The van der Waals surface area contributed by atoms with Crippen LogP contribution in [0.1, 0.15) is 0 Å². The third-order valence-corrected chi connectivity index (χ3v) is 4.18. The second-order valence-electron chi connectivity index (χ2n) is 5.37. The largest absolute Gasteiger partial charge is 0.455 e. The van der Waals surface area contributed by atoms with E-state index in [4.69, 9.17) is 9.15 Å². The number of nitrogens with zero attached hydrogens (tertiary/aromatic N) is 2. The van der Waals surface area contributed by atoms with E-state index in [0.29, 0.717) is 16.3 Å². The lowest BCUT2D eigenvalue weighted by atomic mass is 10.2. The van der Waals surface area contributed by atoms with Gasteiger partial charge in [0.15, 0.2) is 12.2 Å². The molecule has 0 saturated carbocycles. The molecule has 0 aliphatic carbocycles. The van der Waals surface area contributed by atoms with Gasteiger partial charge in [0.25, 0.3) is 11.1 Å². The Labute approximate surface area is 161 Å². The van der Waals surface area contributed by atoms with Crippen molar-refractivity contribution in [2.24, 2.45) is 0 Å². The number of aromatic nitrogens is 1. The minimum atomic E-state index is -1.02. The summed E-state index contributed by atoms with van der Waals surface area (Å²) in [5, 5.41) is 13.3. The molecule has 1 N–H and O–H groups in total. The van der Waals surface area contributed by atoms with E-state index in [1.807, 2.05) is 6.07 Å². The molecule has 0 fully saturated rings. The zero-order valence-corrected chi connectivity index (χ0v) is 14.9. The number of nitro benzene ring substituents is 1. The zero-order chi connectivity index (χ0) is 20.1. The highest BCUT2D eigenvalue weighted by atomic mass is 32.2. The maximum absolute atomic E-state index is 13.3. The van der Waals surface area contributed by atoms with Crippen LogP contribution in [0.5, 0.6) is 0 Å². The molecule has 0 aliphatic heterocycles. The summed E-state index contributed by atoms with van der Waals surface area (Å²) in [4.78, 5) is 37.5. The quantitative estimate of drug-likeness (QED) is 0.275. The second kappa shape index (κ2) is 8.48. The summed E-state index contributed by atoms with van der Waals surface area (Å²) >= 11 is 1.02. The Morgan fingerprint density at radius 1 is 1.29 bits per heavy atom. The average molecular weight is 405 g/mol. The molecule has 1 amide bonds. The van der Waals surface area contributed by atoms with Gasteiger partial charge in [-0.3, -0.25) is 19.7 Å². The van der Waals surface area contributed by atoms with Gasteiger partial charge < -0.3 is 14.5 Å². The number of hydrogen-bond donors (Lipinski definition) is 1. The predicted molar refractivity (Wildman–Crippen MR) is 97.4 cm³/mol. The van der Waals surface area contributed by atoms with Crippen LogP contribution in [0.15, 0.2) is 52.1 Å². The molecule has 28 heavy (non-hydrogen) atoms. The molecule has 11 heteroatoms. The molecule has 0 spiro atoms. The van der Waals surface area contributed by atoms with Crippen LogP contribution in [0.25, 0.3) is 11.1 Å². The first-order valence-corrected chi connectivity index (χ1v) is 8.79. The van der Waals surface area contributed by atoms with Crippen LogP contribution < -0.4 is 5.32 Å². The molecule has 1 aromatic heterocycles. The van der Waals surface area contributed by atoms with Gasteiger partial charge in [-0.2, -0.15) is 4.39 Å². The van der Waals surface area contributed by atoms with Gasteiger partial charge in [-0.1, -0.05) is 23.9 Å². The van der Waals surface area contributed by atoms with Crippen LogP contribution in [-0.4, -0.2) is 34.1 Å². The molecule has 0 radical (unpaired) electrons. The Bertz CT molecular complexity index is 1020. The van der Waals surface area contributed by atoms with Crippen molar-refractivity contribution < 1.29 is 28.1 Å².